The standard InChI is InChI=1S/C15H21N3O/c1-3-13-6-4-5-7-15(13)18-10-8-14(17-18)12-16-9-11-19-2/h4-8,10,16H,3,9,11-12H2,1-2H3. The van der Waals surface area contributed by atoms with E-state index >= 15 is 0 Å². The van der Waals surface area contributed by atoms with Crippen molar-refractivity contribution in [3.63, 3.8) is 0 Å². The van der Waals surface area contributed by atoms with Gasteiger partial charge in [0.15, 0.2) is 0 Å². The highest BCUT2D eigenvalue weighted by molar-refractivity contribution is 5.40. The van der Waals surface area contributed by atoms with E-state index in [1.807, 2.05) is 23.0 Å². The third-order valence-electron chi connectivity index (χ3n) is 3.05. The lowest BCUT2D eigenvalue weighted by Gasteiger charge is -2.07. The first-order chi connectivity index (χ1) is 9.35. The third-order valence-corrected chi connectivity index (χ3v) is 3.05. The highest BCUT2D eigenvalue weighted by Gasteiger charge is 2.04. The van der Waals surface area contributed by atoms with E-state index < -0.39 is 0 Å². The molecule has 0 unspecified atom stereocenters. The molecule has 1 aromatic heterocycles. The second kappa shape index (κ2) is 7.07. The Morgan fingerprint density at radius 1 is 1.26 bits per heavy atom. The van der Waals surface area contributed by atoms with E-state index in [0.29, 0.717) is 0 Å². The van der Waals surface area contributed by atoms with Crippen LogP contribution in [0.4, 0.5) is 0 Å². The molecule has 0 aliphatic heterocycles. The molecule has 0 radical (unpaired) electrons. The molecule has 1 heterocycles. The molecule has 2 aromatic rings. The van der Waals surface area contributed by atoms with Gasteiger partial charge in [-0.05, 0) is 24.1 Å². The van der Waals surface area contributed by atoms with Crippen molar-refractivity contribution in [2.45, 2.75) is 19.9 Å². The molecule has 0 atom stereocenters. The van der Waals surface area contributed by atoms with Gasteiger partial charge in [0.1, 0.15) is 0 Å². The highest BCUT2D eigenvalue weighted by Crippen LogP contribution is 2.14. The van der Waals surface area contributed by atoms with Crippen molar-refractivity contribution in [2.75, 3.05) is 20.3 Å². The Kier molecular flexibility index (Phi) is 5.12. The van der Waals surface area contributed by atoms with E-state index in [-0.39, 0.29) is 0 Å². The number of rotatable bonds is 7. The summed E-state index contributed by atoms with van der Waals surface area (Å²) in [5.41, 5.74) is 3.51. The van der Waals surface area contributed by atoms with Gasteiger partial charge < -0.3 is 10.1 Å². The van der Waals surface area contributed by atoms with Crippen LogP contribution >= 0.6 is 0 Å². The van der Waals surface area contributed by atoms with E-state index in [1.165, 1.54) is 5.56 Å². The fourth-order valence-electron chi connectivity index (χ4n) is 2.01. The number of benzene rings is 1. The Morgan fingerprint density at radius 3 is 2.89 bits per heavy atom. The van der Waals surface area contributed by atoms with E-state index in [0.717, 1.165) is 37.5 Å². The summed E-state index contributed by atoms with van der Waals surface area (Å²) in [6.45, 7) is 4.49. The predicted molar refractivity (Wildman–Crippen MR) is 76.5 cm³/mol. The Hall–Kier alpha value is -1.65. The molecule has 0 spiro atoms. The minimum absolute atomic E-state index is 0.722. The quantitative estimate of drug-likeness (QED) is 0.775. The Bertz CT molecular complexity index is 508. The number of nitrogens with zero attached hydrogens (tertiary/aromatic N) is 2. The Labute approximate surface area is 114 Å². The highest BCUT2D eigenvalue weighted by atomic mass is 16.5. The summed E-state index contributed by atoms with van der Waals surface area (Å²) in [6.07, 6.45) is 3.03. The number of hydrogen-bond acceptors (Lipinski definition) is 3. The first kappa shape index (κ1) is 13.8. The molecular formula is C15H21N3O. The summed E-state index contributed by atoms with van der Waals surface area (Å²) in [7, 11) is 1.71. The minimum atomic E-state index is 0.722. The summed E-state index contributed by atoms with van der Waals surface area (Å²) in [5, 5.41) is 7.90. The molecule has 4 heteroatoms. The van der Waals surface area contributed by atoms with Crippen LogP contribution in [0, 0.1) is 0 Å². The maximum Gasteiger partial charge on any atom is 0.0766 e. The number of nitrogens with one attached hydrogen (secondary N) is 1. The molecule has 2 rings (SSSR count). The molecule has 0 saturated heterocycles. The van der Waals surface area contributed by atoms with Crippen molar-refractivity contribution in [3.05, 3.63) is 47.8 Å². The third kappa shape index (κ3) is 3.66. The molecule has 0 bridgehead atoms. The van der Waals surface area contributed by atoms with Gasteiger partial charge in [0.2, 0.25) is 0 Å². The molecule has 0 saturated carbocycles. The van der Waals surface area contributed by atoms with E-state index in [2.05, 4.69) is 35.5 Å². The van der Waals surface area contributed by atoms with Crippen LogP contribution in [-0.2, 0) is 17.7 Å². The molecule has 1 aromatic carbocycles. The molecule has 0 aliphatic rings. The van der Waals surface area contributed by atoms with Crippen LogP contribution in [0.15, 0.2) is 36.5 Å². The number of aromatic nitrogens is 2. The average Bonchev–Trinajstić information content (AvgIpc) is 2.92. The monoisotopic (exact) mass is 259 g/mol. The van der Waals surface area contributed by atoms with Crippen LogP contribution in [-0.4, -0.2) is 30.0 Å². The summed E-state index contributed by atoms with van der Waals surface area (Å²) in [5.74, 6) is 0. The van der Waals surface area contributed by atoms with Gasteiger partial charge in [-0.15, -0.1) is 0 Å². The van der Waals surface area contributed by atoms with Crippen molar-refractivity contribution in [1.29, 1.82) is 0 Å². The van der Waals surface area contributed by atoms with Crippen LogP contribution < -0.4 is 5.32 Å². The summed E-state index contributed by atoms with van der Waals surface area (Å²) < 4.78 is 6.95. The molecule has 1 N–H and O–H groups in total. The zero-order valence-electron chi connectivity index (χ0n) is 11.6. The second-order valence-corrected chi connectivity index (χ2v) is 4.40. The lowest BCUT2D eigenvalue weighted by molar-refractivity contribution is 0.199. The van der Waals surface area contributed by atoms with Gasteiger partial charge in [-0.2, -0.15) is 5.10 Å². The Morgan fingerprint density at radius 2 is 2.11 bits per heavy atom. The lowest BCUT2D eigenvalue weighted by Crippen LogP contribution is -2.18. The number of aryl methyl sites for hydroxylation is 1. The molecule has 0 amide bonds. The van der Waals surface area contributed by atoms with Gasteiger partial charge in [0.05, 0.1) is 18.0 Å². The normalized spacial score (nSPS) is 10.8. The van der Waals surface area contributed by atoms with Crippen molar-refractivity contribution < 1.29 is 4.74 Å². The summed E-state index contributed by atoms with van der Waals surface area (Å²) in [4.78, 5) is 0. The van der Waals surface area contributed by atoms with E-state index in [9.17, 15) is 0 Å². The van der Waals surface area contributed by atoms with Crippen LogP contribution in [0.1, 0.15) is 18.2 Å². The van der Waals surface area contributed by atoms with E-state index in [4.69, 9.17) is 4.74 Å². The summed E-state index contributed by atoms with van der Waals surface area (Å²) >= 11 is 0. The minimum Gasteiger partial charge on any atom is -0.383 e. The first-order valence-electron chi connectivity index (χ1n) is 6.67. The predicted octanol–water partition coefficient (Wildman–Crippen LogP) is 2.17. The van der Waals surface area contributed by atoms with Gasteiger partial charge in [0, 0.05) is 26.4 Å². The summed E-state index contributed by atoms with van der Waals surface area (Å²) in [6, 6.07) is 10.4. The number of methoxy groups -OCH3 is 1. The van der Waals surface area contributed by atoms with Crippen LogP contribution in [0.3, 0.4) is 0 Å². The second-order valence-electron chi connectivity index (χ2n) is 4.40. The van der Waals surface area contributed by atoms with Gasteiger partial charge in [-0.1, -0.05) is 25.1 Å². The zero-order chi connectivity index (χ0) is 13.5. The lowest BCUT2D eigenvalue weighted by atomic mass is 10.1. The SMILES string of the molecule is CCc1ccccc1-n1ccc(CNCCOC)n1. The largest absolute Gasteiger partial charge is 0.383 e. The van der Waals surface area contributed by atoms with Crippen LogP contribution in [0.2, 0.25) is 0 Å². The smallest absolute Gasteiger partial charge is 0.0766 e. The molecule has 4 nitrogen and oxygen atoms in total. The zero-order valence-corrected chi connectivity index (χ0v) is 11.6. The van der Waals surface area contributed by atoms with Crippen molar-refractivity contribution in [1.82, 2.24) is 15.1 Å². The van der Waals surface area contributed by atoms with Crippen LogP contribution in [0.5, 0.6) is 0 Å². The number of hydrogen-bond donors (Lipinski definition) is 1. The molecular weight excluding hydrogens is 238 g/mol. The topological polar surface area (TPSA) is 39.1 Å². The van der Waals surface area contributed by atoms with Gasteiger partial charge in [-0.3, -0.25) is 0 Å². The maximum absolute atomic E-state index is 5.00. The Balaban J connectivity index is 2.04. The van der Waals surface area contributed by atoms with Gasteiger partial charge >= 0.3 is 0 Å². The van der Waals surface area contributed by atoms with Crippen molar-refractivity contribution in [3.8, 4) is 5.69 Å². The molecule has 0 fully saturated rings. The average molecular weight is 259 g/mol. The van der Waals surface area contributed by atoms with E-state index in [1.54, 1.807) is 7.11 Å². The van der Waals surface area contributed by atoms with Crippen molar-refractivity contribution >= 4 is 0 Å². The number of ether oxygens (including phenoxy) is 1. The van der Waals surface area contributed by atoms with Gasteiger partial charge in [-0.25, -0.2) is 4.68 Å². The van der Waals surface area contributed by atoms with Gasteiger partial charge in [0.25, 0.3) is 0 Å². The van der Waals surface area contributed by atoms with Crippen molar-refractivity contribution in [2.24, 2.45) is 0 Å². The molecule has 0 aliphatic carbocycles. The fourth-order valence-corrected chi connectivity index (χ4v) is 2.01. The fraction of sp³-hybridized carbons (Fsp3) is 0.400. The number of para-hydroxylation sites is 1. The van der Waals surface area contributed by atoms with Crippen LogP contribution in [0.25, 0.3) is 5.69 Å². The first-order valence-corrected chi connectivity index (χ1v) is 6.67. The molecule has 102 valence electrons. The molecule has 19 heavy (non-hydrogen) atoms. The maximum atomic E-state index is 5.00.